The molecule has 0 fully saturated rings. The van der Waals surface area contributed by atoms with Crippen LogP contribution in [0.5, 0.6) is 0 Å². The molecule has 0 bridgehead atoms. The number of halogens is 1. The molecule has 0 saturated carbocycles. The average Bonchev–Trinajstić information content (AvgIpc) is 2.44. The van der Waals surface area contributed by atoms with Crippen molar-refractivity contribution in [2.24, 2.45) is 0 Å². The van der Waals surface area contributed by atoms with E-state index in [9.17, 15) is 0 Å². The van der Waals surface area contributed by atoms with E-state index in [2.05, 4.69) is 21.2 Å². The Morgan fingerprint density at radius 1 is 1.00 bits per heavy atom. The van der Waals surface area contributed by atoms with Gasteiger partial charge in [-0.3, -0.25) is 4.98 Å². The Hall–Kier alpha value is -2.00. The Morgan fingerprint density at radius 2 is 1.79 bits per heavy atom. The highest BCUT2D eigenvalue weighted by molar-refractivity contribution is 6.30. The molecule has 0 aliphatic heterocycles. The molecule has 1 aromatic carbocycles. The Labute approximate surface area is 116 Å². The number of nitrogens with zero attached hydrogens (tertiary/aromatic N) is 3. The average molecular weight is 270 g/mol. The van der Waals surface area contributed by atoms with E-state index in [4.69, 9.17) is 11.6 Å². The number of fused-ring (bicyclic) bond motifs is 1. The molecular weight excluding hydrogens is 258 g/mol. The maximum absolute atomic E-state index is 5.98. The molecule has 0 N–H and O–H groups in total. The summed E-state index contributed by atoms with van der Waals surface area (Å²) >= 11 is 5.98. The van der Waals surface area contributed by atoms with Crippen LogP contribution in [-0.2, 0) is 0 Å². The Balaban J connectivity index is 2.22. The number of hydrogen-bond acceptors (Lipinski definition) is 3. The van der Waals surface area contributed by atoms with E-state index in [-0.39, 0.29) is 0 Å². The zero-order valence-electron chi connectivity index (χ0n) is 10.7. The third kappa shape index (κ3) is 2.06. The highest BCUT2D eigenvalue weighted by Gasteiger charge is 2.10. The van der Waals surface area contributed by atoms with Gasteiger partial charge in [0.1, 0.15) is 0 Å². The summed E-state index contributed by atoms with van der Waals surface area (Å²) in [5.41, 5.74) is 4.77. The number of para-hydroxylation sites is 1. The summed E-state index contributed by atoms with van der Waals surface area (Å²) in [6.07, 6.45) is 1.83. The van der Waals surface area contributed by atoms with Crippen LogP contribution in [0.3, 0.4) is 0 Å². The lowest BCUT2D eigenvalue weighted by molar-refractivity contribution is 1.00. The molecule has 2 heterocycles. The number of benzene rings is 1. The molecule has 3 aromatic rings. The van der Waals surface area contributed by atoms with E-state index >= 15 is 0 Å². The second kappa shape index (κ2) is 4.59. The van der Waals surface area contributed by atoms with Gasteiger partial charge in [0, 0.05) is 17.1 Å². The van der Waals surface area contributed by atoms with Gasteiger partial charge in [0.2, 0.25) is 0 Å². The van der Waals surface area contributed by atoms with Crippen LogP contribution >= 0.6 is 11.6 Å². The predicted molar refractivity (Wildman–Crippen MR) is 77.3 cm³/mol. The molecular formula is C15H12ClN3. The zero-order chi connectivity index (χ0) is 13.4. The van der Waals surface area contributed by atoms with Gasteiger partial charge < -0.3 is 0 Å². The van der Waals surface area contributed by atoms with Crippen molar-refractivity contribution in [2.45, 2.75) is 13.8 Å². The van der Waals surface area contributed by atoms with Crippen molar-refractivity contribution in [1.29, 1.82) is 0 Å². The number of rotatable bonds is 1. The van der Waals surface area contributed by atoms with Gasteiger partial charge in [0.15, 0.2) is 5.15 Å². The lowest BCUT2D eigenvalue weighted by Crippen LogP contribution is -1.97. The predicted octanol–water partition coefficient (Wildman–Crippen LogP) is 3.96. The molecule has 3 nitrogen and oxygen atoms in total. The van der Waals surface area contributed by atoms with Crippen molar-refractivity contribution in [2.75, 3.05) is 0 Å². The number of aromatic nitrogens is 3. The second-order valence-corrected chi connectivity index (χ2v) is 4.86. The maximum Gasteiger partial charge on any atom is 0.154 e. The van der Waals surface area contributed by atoms with Gasteiger partial charge in [-0.05, 0) is 37.1 Å². The van der Waals surface area contributed by atoms with Crippen LogP contribution in [0.1, 0.15) is 11.1 Å². The van der Waals surface area contributed by atoms with Crippen molar-refractivity contribution in [3.63, 3.8) is 0 Å². The largest absolute Gasteiger partial charge is 0.256 e. The van der Waals surface area contributed by atoms with E-state index in [1.807, 2.05) is 44.3 Å². The Morgan fingerprint density at radius 3 is 2.63 bits per heavy atom. The molecule has 19 heavy (non-hydrogen) atoms. The van der Waals surface area contributed by atoms with E-state index in [1.54, 1.807) is 0 Å². The monoisotopic (exact) mass is 269 g/mol. The highest BCUT2D eigenvalue weighted by atomic mass is 35.5. The van der Waals surface area contributed by atoms with Crippen molar-refractivity contribution in [3.8, 4) is 11.3 Å². The zero-order valence-corrected chi connectivity index (χ0v) is 11.4. The first-order valence-electron chi connectivity index (χ1n) is 6.01. The van der Waals surface area contributed by atoms with E-state index in [0.29, 0.717) is 5.15 Å². The SMILES string of the molecule is Cc1c(Cl)nnc(-c2cnc3ccccc3c2)c1C. The Bertz CT molecular complexity index is 768. The highest BCUT2D eigenvalue weighted by Crippen LogP contribution is 2.27. The molecule has 2 aromatic heterocycles. The summed E-state index contributed by atoms with van der Waals surface area (Å²) in [4.78, 5) is 4.45. The number of pyridine rings is 1. The molecule has 0 atom stereocenters. The smallest absolute Gasteiger partial charge is 0.154 e. The van der Waals surface area contributed by atoms with Crippen LogP contribution in [0.4, 0.5) is 0 Å². The van der Waals surface area contributed by atoms with Crippen molar-refractivity contribution in [1.82, 2.24) is 15.2 Å². The summed E-state index contributed by atoms with van der Waals surface area (Å²) in [6.45, 7) is 3.95. The maximum atomic E-state index is 5.98. The molecule has 0 aliphatic carbocycles. The fraction of sp³-hybridized carbons (Fsp3) is 0.133. The van der Waals surface area contributed by atoms with E-state index < -0.39 is 0 Å². The van der Waals surface area contributed by atoms with Crippen molar-refractivity contribution in [3.05, 3.63) is 52.8 Å². The van der Waals surface area contributed by atoms with Gasteiger partial charge in [-0.15, -0.1) is 10.2 Å². The number of hydrogen-bond donors (Lipinski definition) is 0. The molecule has 0 saturated heterocycles. The van der Waals surface area contributed by atoms with Gasteiger partial charge in [-0.25, -0.2) is 0 Å². The summed E-state index contributed by atoms with van der Waals surface area (Å²) in [6, 6.07) is 10.1. The molecule has 0 aliphatic rings. The Kier molecular flexibility index (Phi) is 2.91. The lowest BCUT2D eigenvalue weighted by atomic mass is 10.0. The van der Waals surface area contributed by atoms with Crippen LogP contribution in [0, 0.1) is 13.8 Å². The molecule has 0 radical (unpaired) electrons. The van der Waals surface area contributed by atoms with Gasteiger partial charge in [0.25, 0.3) is 0 Å². The van der Waals surface area contributed by atoms with E-state index in [1.165, 1.54) is 0 Å². The quantitative estimate of drug-likeness (QED) is 0.671. The first kappa shape index (κ1) is 12.1. The summed E-state index contributed by atoms with van der Waals surface area (Å²) in [7, 11) is 0. The minimum absolute atomic E-state index is 0.454. The minimum Gasteiger partial charge on any atom is -0.256 e. The normalized spacial score (nSPS) is 10.9. The van der Waals surface area contributed by atoms with Crippen LogP contribution in [-0.4, -0.2) is 15.2 Å². The third-order valence-corrected chi connectivity index (χ3v) is 3.69. The molecule has 0 spiro atoms. The van der Waals surface area contributed by atoms with E-state index in [0.717, 1.165) is 33.3 Å². The first-order valence-corrected chi connectivity index (χ1v) is 6.39. The fourth-order valence-electron chi connectivity index (χ4n) is 2.05. The second-order valence-electron chi connectivity index (χ2n) is 4.51. The fourth-order valence-corrected chi connectivity index (χ4v) is 2.23. The van der Waals surface area contributed by atoms with Crippen LogP contribution < -0.4 is 0 Å². The molecule has 94 valence electrons. The first-order chi connectivity index (χ1) is 9.16. The molecule has 3 rings (SSSR count). The van der Waals surface area contributed by atoms with Gasteiger partial charge in [0.05, 0.1) is 11.2 Å². The topological polar surface area (TPSA) is 38.7 Å². The van der Waals surface area contributed by atoms with Crippen molar-refractivity contribution >= 4 is 22.5 Å². The van der Waals surface area contributed by atoms with Gasteiger partial charge in [-0.2, -0.15) is 0 Å². The summed E-state index contributed by atoms with van der Waals surface area (Å²) in [5.74, 6) is 0. The van der Waals surface area contributed by atoms with Crippen LogP contribution in [0.15, 0.2) is 36.5 Å². The van der Waals surface area contributed by atoms with Gasteiger partial charge in [-0.1, -0.05) is 29.8 Å². The molecule has 4 heteroatoms. The van der Waals surface area contributed by atoms with Crippen LogP contribution in [0.2, 0.25) is 5.15 Å². The molecule has 0 amide bonds. The van der Waals surface area contributed by atoms with Crippen LogP contribution in [0.25, 0.3) is 22.2 Å². The summed E-state index contributed by atoms with van der Waals surface area (Å²) in [5, 5.41) is 9.72. The standard InChI is InChI=1S/C15H12ClN3/c1-9-10(2)15(16)19-18-14(9)12-7-11-5-3-4-6-13(11)17-8-12/h3-8H,1-2H3. The lowest BCUT2D eigenvalue weighted by Gasteiger charge is -2.08. The van der Waals surface area contributed by atoms with Crippen molar-refractivity contribution < 1.29 is 0 Å². The van der Waals surface area contributed by atoms with Gasteiger partial charge >= 0.3 is 0 Å². The third-order valence-electron chi connectivity index (χ3n) is 3.33. The minimum atomic E-state index is 0.454. The molecule has 0 unspecified atom stereocenters. The summed E-state index contributed by atoms with van der Waals surface area (Å²) < 4.78 is 0.